The van der Waals surface area contributed by atoms with Gasteiger partial charge in [-0.15, -0.1) is 12.6 Å². The maximum Gasteiger partial charge on any atom is 0.322 e. The summed E-state index contributed by atoms with van der Waals surface area (Å²) in [6.45, 7) is 0. The molecule has 182 valence electrons. The van der Waals surface area contributed by atoms with Crippen LogP contribution in [0.4, 0.5) is 0 Å². The van der Waals surface area contributed by atoms with Gasteiger partial charge >= 0.3 is 5.97 Å². The van der Waals surface area contributed by atoms with Crippen molar-refractivity contribution >= 4 is 35.7 Å². The molecule has 2 heterocycles. The monoisotopic (exact) mass is 516 g/mol. The number of carboxylic acids is 1. The highest BCUT2D eigenvalue weighted by Gasteiger charge is 2.41. The average Bonchev–Trinajstić information content (AvgIpc) is 3.44. The van der Waals surface area contributed by atoms with Gasteiger partial charge in [-0.3, -0.25) is 4.79 Å². The quantitative estimate of drug-likeness (QED) is 0.319. The molecule has 0 radical (unpaired) electrons. The van der Waals surface area contributed by atoms with Gasteiger partial charge in [0.1, 0.15) is 33.2 Å². The molecule has 1 aromatic heterocycles. The summed E-state index contributed by atoms with van der Waals surface area (Å²) in [6.07, 6.45) is 3.84. The third-order valence-corrected chi connectivity index (χ3v) is 7.85. The molecule has 9 heteroatoms. The Bertz CT molecular complexity index is 1410. The number of nitrogens with one attached hydrogen (secondary N) is 1. The third kappa shape index (κ3) is 4.99. The van der Waals surface area contributed by atoms with Crippen LogP contribution in [-0.4, -0.2) is 40.9 Å². The lowest BCUT2D eigenvalue weighted by Gasteiger charge is -2.24. The number of nitrogens with zero attached hydrogens (tertiary/aromatic N) is 3. The molecule has 0 aliphatic carbocycles. The number of hydrogen-bond donors (Lipinski definition) is 3. The highest BCUT2D eigenvalue weighted by Crippen LogP contribution is 2.30. The largest absolute Gasteiger partial charge is 0.480 e. The van der Waals surface area contributed by atoms with Crippen molar-refractivity contribution in [2.75, 3.05) is 0 Å². The van der Waals surface area contributed by atoms with E-state index < -0.39 is 28.5 Å². The first-order chi connectivity index (χ1) is 17.5. The van der Waals surface area contributed by atoms with Crippen LogP contribution >= 0.6 is 12.6 Å². The lowest BCUT2D eigenvalue weighted by Crippen LogP contribution is -2.45. The molecule has 3 atom stereocenters. The summed E-state index contributed by atoms with van der Waals surface area (Å²) in [5.41, 5.74) is 3.38. The van der Waals surface area contributed by atoms with Gasteiger partial charge in [-0.1, -0.05) is 78.9 Å². The van der Waals surface area contributed by atoms with E-state index in [1.165, 1.54) is 4.31 Å². The van der Waals surface area contributed by atoms with Gasteiger partial charge in [0.15, 0.2) is 0 Å². The predicted octanol–water partition coefficient (Wildman–Crippen LogP) is 4.32. The van der Waals surface area contributed by atoms with E-state index in [4.69, 9.17) is 5.10 Å². The Morgan fingerprint density at radius 2 is 1.64 bits per heavy atom. The van der Waals surface area contributed by atoms with Crippen LogP contribution < -0.4 is 5.32 Å². The molecule has 1 unspecified atom stereocenters. The molecule has 5 rings (SSSR count). The number of rotatable bonds is 7. The molecule has 1 fully saturated rings. The topological polar surface area (TPSA) is 87.5 Å². The number of aromatic nitrogens is 2. The number of benzene rings is 3. The van der Waals surface area contributed by atoms with Crippen LogP contribution in [0.3, 0.4) is 0 Å². The van der Waals surface area contributed by atoms with Crippen molar-refractivity contribution in [2.45, 2.75) is 18.0 Å². The molecule has 0 bridgehead atoms. The van der Waals surface area contributed by atoms with Gasteiger partial charge in [0.25, 0.3) is 0 Å². The fourth-order valence-electron chi connectivity index (χ4n) is 4.11. The minimum absolute atomic E-state index is 0.204. The van der Waals surface area contributed by atoms with Crippen LogP contribution in [0, 0.1) is 0 Å². The number of aliphatic carboxylic acids is 1. The summed E-state index contributed by atoms with van der Waals surface area (Å²) < 4.78 is 16.7. The first-order valence-electron chi connectivity index (χ1n) is 11.3. The number of para-hydroxylation sites is 1. The minimum atomic E-state index is -1.76. The predicted molar refractivity (Wildman–Crippen MR) is 144 cm³/mol. The lowest BCUT2D eigenvalue weighted by molar-refractivity contribution is -0.141. The Labute approximate surface area is 217 Å². The number of hydrogen-bond acceptors (Lipinski definition) is 5. The Morgan fingerprint density at radius 3 is 2.28 bits per heavy atom. The van der Waals surface area contributed by atoms with E-state index in [1.54, 1.807) is 10.8 Å². The fraction of sp³-hybridized carbons (Fsp3) is 0.111. The Kier molecular flexibility index (Phi) is 7.04. The van der Waals surface area contributed by atoms with Gasteiger partial charge in [-0.25, -0.2) is 8.89 Å². The Hall–Kier alpha value is -3.66. The van der Waals surface area contributed by atoms with E-state index >= 15 is 0 Å². The van der Waals surface area contributed by atoms with Crippen LogP contribution in [0.2, 0.25) is 0 Å². The Morgan fingerprint density at radius 1 is 1.03 bits per heavy atom. The molecule has 1 aliphatic heterocycles. The second kappa shape index (κ2) is 10.5. The Balaban J connectivity index is 1.51. The lowest BCUT2D eigenvalue weighted by atomic mass is 10.1. The van der Waals surface area contributed by atoms with Crippen molar-refractivity contribution in [1.29, 1.82) is 0 Å². The van der Waals surface area contributed by atoms with Gasteiger partial charge in [0, 0.05) is 17.3 Å². The van der Waals surface area contributed by atoms with Crippen molar-refractivity contribution in [3.63, 3.8) is 0 Å². The van der Waals surface area contributed by atoms with E-state index in [-0.39, 0.29) is 6.42 Å². The zero-order valence-electron chi connectivity index (χ0n) is 19.1. The SMILES string of the molecule is O=C(O)[C@H](Cc1ccccc1)N1[C@@H](S)N/C(=C/c2cn(-c3ccccc3)nc2-c2ccccc2)S1=O. The van der Waals surface area contributed by atoms with Crippen LogP contribution in [0.25, 0.3) is 23.0 Å². The molecule has 7 nitrogen and oxygen atoms in total. The molecule has 0 amide bonds. The van der Waals surface area contributed by atoms with E-state index in [1.807, 2.05) is 97.2 Å². The molecular weight excluding hydrogens is 492 g/mol. The molecule has 0 saturated carbocycles. The second-order valence-corrected chi connectivity index (χ2v) is 10.1. The van der Waals surface area contributed by atoms with Crippen LogP contribution in [0.5, 0.6) is 0 Å². The van der Waals surface area contributed by atoms with E-state index in [9.17, 15) is 14.1 Å². The highest BCUT2D eigenvalue weighted by atomic mass is 32.2. The molecule has 1 saturated heterocycles. The van der Waals surface area contributed by atoms with Crippen LogP contribution in [-0.2, 0) is 22.2 Å². The van der Waals surface area contributed by atoms with Gasteiger partial charge in [0.05, 0.1) is 5.69 Å². The van der Waals surface area contributed by atoms with E-state index in [2.05, 4.69) is 17.9 Å². The summed E-state index contributed by atoms with van der Waals surface area (Å²) in [5.74, 6) is -1.06. The summed E-state index contributed by atoms with van der Waals surface area (Å²) in [6, 6.07) is 27.7. The van der Waals surface area contributed by atoms with Crippen molar-refractivity contribution < 1.29 is 14.1 Å². The normalized spacial score (nSPS) is 19.8. The van der Waals surface area contributed by atoms with Gasteiger partial charge in [-0.2, -0.15) is 9.40 Å². The average molecular weight is 517 g/mol. The number of thiol groups is 1. The molecule has 3 aromatic carbocycles. The molecular formula is C27H24N4O3S2. The summed E-state index contributed by atoms with van der Waals surface area (Å²) in [4.78, 5) is 12.2. The van der Waals surface area contributed by atoms with Gasteiger partial charge < -0.3 is 10.4 Å². The minimum Gasteiger partial charge on any atom is -0.480 e. The van der Waals surface area contributed by atoms with Crippen LogP contribution in [0.15, 0.2) is 102 Å². The molecule has 1 aliphatic rings. The first-order valence-corrected chi connectivity index (χ1v) is 13.0. The zero-order valence-corrected chi connectivity index (χ0v) is 20.8. The third-order valence-electron chi connectivity index (χ3n) is 5.85. The maximum absolute atomic E-state index is 13.5. The standard InChI is InChI=1S/C27H24N4O3S2/c32-26(33)23(16-19-10-4-1-5-11-19)31-27(35)28-24(36(31)34)17-21-18-30(22-14-8-3-9-15-22)29-25(21)20-12-6-2-7-13-20/h1-15,17-18,23,27-28,35H,16H2,(H,32,33)/b24-17-/t23-,27-,36?/m0/s1. The second-order valence-electron chi connectivity index (χ2n) is 8.26. The summed E-state index contributed by atoms with van der Waals surface area (Å²) in [7, 11) is -1.76. The number of carboxylic acid groups (broad SMARTS) is 1. The molecule has 2 N–H and O–H groups in total. The zero-order chi connectivity index (χ0) is 25.1. The van der Waals surface area contributed by atoms with Crippen LogP contribution in [0.1, 0.15) is 11.1 Å². The van der Waals surface area contributed by atoms with Crippen molar-refractivity contribution in [2.24, 2.45) is 0 Å². The maximum atomic E-state index is 13.5. The van der Waals surface area contributed by atoms with Crippen molar-refractivity contribution in [3.05, 3.63) is 113 Å². The fourth-order valence-corrected chi connectivity index (χ4v) is 6.06. The van der Waals surface area contributed by atoms with Gasteiger partial charge in [-0.05, 0) is 30.2 Å². The smallest absolute Gasteiger partial charge is 0.322 e. The van der Waals surface area contributed by atoms with Crippen molar-refractivity contribution in [1.82, 2.24) is 19.4 Å². The number of carbonyl (C=O) groups is 1. The summed E-state index contributed by atoms with van der Waals surface area (Å²) >= 11 is 4.53. The summed E-state index contributed by atoms with van der Waals surface area (Å²) in [5, 5.41) is 18.2. The molecule has 0 spiro atoms. The molecule has 36 heavy (non-hydrogen) atoms. The van der Waals surface area contributed by atoms with Crippen molar-refractivity contribution in [3.8, 4) is 16.9 Å². The van der Waals surface area contributed by atoms with E-state index in [0.29, 0.717) is 5.03 Å². The van der Waals surface area contributed by atoms with E-state index in [0.717, 1.165) is 28.1 Å². The first kappa shape index (κ1) is 24.1. The highest BCUT2D eigenvalue weighted by molar-refractivity contribution is 7.89. The van der Waals surface area contributed by atoms with Gasteiger partial charge in [0.2, 0.25) is 0 Å². The molecule has 4 aromatic rings.